The Morgan fingerprint density at radius 2 is 2.00 bits per heavy atom. The molecule has 0 radical (unpaired) electrons. The van der Waals surface area contributed by atoms with Gasteiger partial charge in [0.25, 0.3) is 0 Å². The summed E-state index contributed by atoms with van der Waals surface area (Å²) in [6.45, 7) is 5.20. The van der Waals surface area contributed by atoms with Gasteiger partial charge in [0, 0.05) is 6.20 Å². The summed E-state index contributed by atoms with van der Waals surface area (Å²) in [5.74, 6) is -0.631. The molecule has 0 spiro atoms. The Labute approximate surface area is 77.7 Å². The summed E-state index contributed by atoms with van der Waals surface area (Å²) in [4.78, 5) is 4.28. The molecule has 2 rings (SSSR count). The van der Waals surface area contributed by atoms with Crippen molar-refractivity contribution in [3.05, 3.63) is 29.6 Å². The lowest BCUT2D eigenvalue weighted by atomic mass is 10.2. The molecule has 13 heavy (non-hydrogen) atoms. The largest absolute Gasteiger partial charge is 0.342 e. The number of pyridine rings is 1. The van der Waals surface area contributed by atoms with E-state index in [0.29, 0.717) is 13.2 Å². The Bertz CT molecular complexity index is 288. The van der Waals surface area contributed by atoms with Crippen molar-refractivity contribution in [1.82, 2.24) is 4.98 Å². The molecule has 1 saturated heterocycles. The quantitative estimate of drug-likeness (QED) is 0.656. The molecule has 1 aromatic rings. The molecule has 1 aliphatic rings. The third-order valence-electron chi connectivity index (χ3n) is 2.21. The number of hydrogen-bond donors (Lipinski definition) is 0. The Morgan fingerprint density at radius 3 is 2.54 bits per heavy atom. The van der Waals surface area contributed by atoms with E-state index in [0.717, 1.165) is 11.3 Å². The standard InChI is InChI=1S/C10H13NO2/c1-8-3-4-9(11-7-8)10(2)12-5-6-13-10/h3-4,7H,5-6H2,1-2H3. The summed E-state index contributed by atoms with van der Waals surface area (Å²) in [5.41, 5.74) is 1.99. The highest BCUT2D eigenvalue weighted by molar-refractivity contribution is 5.16. The summed E-state index contributed by atoms with van der Waals surface area (Å²) < 4.78 is 11.0. The normalized spacial score (nSPS) is 20.5. The minimum atomic E-state index is -0.631. The summed E-state index contributed by atoms with van der Waals surface area (Å²) >= 11 is 0. The number of hydrogen-bond acceptors (Lipinski definition) is 3. The molecule has 0 amide bonds. The van der Waals surface area contributed by atoms with E-state index in [1.54, 1.807) is 0 Å². The van der Waals surface area contributed by atoms with Crippen molar-refractivity contribution < 1.29 is 9.47 Å². The first-order chi connectivity index (χ1) is 6.21. The molecule has 0 saturated carbocycles. The van der Waals surface area contributed by atoms with Crippen molar-refractivity contribution in [3.8, 4) is 0 Å². The topological polar surface area (TPSA) is 31.4 Å². The van der Waals surface area contributed by atoms with E-state index in [1.807, 2.05) is 32.2 Å². The van der Waals surface area contributed by atoms with Crippen molar-refractivity contribution in [1.29, 1.82) is 0 Å². The first-order valence-electron chi connectivity index (χ1n) is 4.42. The van der Waals surface area contributed by atoms with Gasteiger partial charge in [0.15, 0.2) is 0 Å². The molecule has 2 heterocycles. The molecule has 1 fully saturated rings. The first-order valence-corrected chi connectivity index (χ1v) is 4.42. The van der Waals surface area contributed by atoms with Crippen LogP contribution >= 0.6 is 0 Å². The smallest absolute Gasteiger partial charge is 0.209 e. The monoisotopic (exact) mass is 179 g/mol. The van der Waals surface area contributed by atoms with Gasteiger partial charge in [0.1, 0.15) is 0 Å². The molecule has 0 aromatic carbocycles. The molecule has 3 heteroatoms. The van der Waals surface area contributed by atoms with Crippen LogP contribution in [0, 0.1) is 6.92 Å². The molecule has 0 N–H and O–H groups in total. The SMILES string of the molecule is Cc1ccc(C2(C)OCCO2)nc1. The highest BCUT2D eigenvalue weighted by Gasteiger charge is 2.34. The lowest BCUT2D eigenvalue weighted by molar-refractivity contribution is -0.152. The Kier molecular flexibility index (Phi) is 2.06. The van der Waals surface area contributed by atoms with Crippen molar-refractivity contribution in [3.63, 3.8) is 0 Å². The number of ether oxygens (including phenoxy) is 2. The minimum Gasteiger partial charge on any atom is -0.342 e. The Morgan fingerprint density at radius 1 is 1.31 bits per heavy atom. The Hall–Kier alpha value is -0.930. The maximum atomic E-state index is 5.48. The van der Waals surface area contributed by atoms with Crippen LogP contribution in [0.5, 0.6) is 0 Å². The van der Waals surface area contributed by atoms with E-state index in [2.05, 4.69) is 4.98 Å². The van der Waals surface area contributed by atoms with Crippen LogP contribution in [0.25, 0.3) is 0 Å². The predicted molar refractivity (Wildman–Crippen MR) is 48.2 cm³/mol. The highest BCUT2D eigenvalue weighted by Crippen LogP contribution is 2.28. The van der Waals surface area contributed by atoms with Crippen molar-refractivity contribution in [2.24, 2.45) is 0 Å². The van der Waals surface area contributed by atoms with Crippen LogP contribution in [0.3, 0.4) is 0 Å². The van der Waals surface area contributed by atoms with E-state index in [-0.39, 0.29) is 0 Å². The lowest BCUT2D eigenvalue weighted by Crippen LogP contribution is -2.23. The van der Waals surface area contributed by atoms with Gasteiger partial charge in [-0.2, -0.15) is 0 Å². The summed E-state index contributed by atoms with van der Waals surface area (Å²) in [6, 6.07) is 3.96. The lowest BCUT2D eigenvalue weighted by Gasteiger charge is -2.21. The second-order valence-electron chi connectivity index (χ2n) is 3.36. The fourth-order valence-corrected chi connectivity index (χ4v) is 1.40. The van der Waals surface area contributed by atoms with Crippen LogP contribution in [0.15, 0.2) is 18.3 Å². The van der Waals surface area contributed by atoms with Crippen LogP contribution in [0.1, 0.15) is 18.2 Å². The molecular weight excluding hydrogens is 166 g/mol. The first kappa shape index (κ1) is 8.66. The summed E-state index contributed by atoms with van der Waals surface area (Å²) in [6.07, 6.45) is 1.83. The van der Waals surface area contributed by atoms with E-state index >= 15 is 0 Å². The average Bonchev–Trinajstić information content (AvgIpc) is 2.54. The van der Waals surface area contributed by atoms with E-state index in [4.69, 9.17) is 9.47 Å². The van der Waals surface area contributed by atoms with Crippen LogP contribution in [0.4, 0.5) is 0 Å². The molecule has 70 valence electrons. The Balaban J connectivity index is 2.29. The van der Waals surface area contributed by atoms with Crippen molar-refractivity contribution in [2.45, 2.75) is 19.6 Å². The summed E-state index contributed by atoms with van der Waals surface area (Å²) in [7, 11) is 0. The maximum absolute atomic E-state index is 5.48. The molecular formula is C10H13NO2. The van der Waals surface area contributed by atoms with Gasteiger partial charge < -0.3 is 9.47 Å². The highest BCUT2D eigenvalue weighted by atomic mass is 16.7. The van der Waals surface area contributed by atoms with E-state index in [9.17, 15) is 0 Å². The molecule has 0 aliphatic carbocycles. The van der Waals surface area contributed by atoms with Gasteiger partial charge in [0.2, 0.25) is 5.79 Å². The molecule has 1 aliphatic heterocycles. The van der Waals surface area contributed by atoms with Crippen LogP contribution in [-0.2, 0) is 15.3 Å². The fourth-order valence-electron chi connectivity index (χ4n) is 1.40. The van der Waals surface area contributed by atoms with E-state index in [1.165, 1.54) is 0 Å². The number of nitrogens with zero attached hydrogens (tertiary/aromatic N) is 1. The third-order valence-corrected chi connectivity index (χ3v) is 2.21. The van der Waals surface area contributed by atoms with Gasteiger partial charge >= 0.3 is 0 Å². The minimum absolute atomic E-state index is 0.631. The fraction of sp³-hybridized carbons (Fsp3) is 0.500. The molecule has 0 atom stereocenters. The average molecular weight is 179 g/mol. The van der Waals surface area contributed by atoms with Gasteiger partial charge in [-0.15, -0.1) is 0 Å². The van der Waals surface area contributed by atoms with Crippen LogP contribution < -0.4 is 0 Å². The summed E-state index contributed by atoms with van der Waals surface area (Å²) in [5, 5.41) is 0. The number of aromatic nitrogens is 1. The zero-order valence-corrected chi connectivity index (χ0v) is 7.91. The molecule has 3 nitrogen and oxygen atoms in total. The van der Waals surface area contributed by atoms with Crippen molar-refractivity contribution >= 4 is 0 Å². The van der Waals surface area contributed by atoms with Crippen LogP contribution in [-0.4, -0.2) is 18.2 Å². The second-order valence-corrected chi connectivity index (χ2v) is 3.36. The number of rotatable bonds is 1. The molecule has 1 aromatic heterocycles. The molecule has 0 unspecified atom stereocenters. The number of aryl methyl sites for hydroxylation is 1. The zero-order chi connectivity index (χ0) is 9.31. The van der Waals surface area contributed by atoms with Crippen molar-refractivity contribution in [2.75, 3.05) is 13.2 Å². The second kappa shape index (κ2) is 3.09. The predicted octanol–water partition coefficient (Wildman–Crippen LogP) is 1.61. The molecule has 0 bridgehead atoms. The zero-order valence-electron chi connectivity index (χ0n) is 7.91. The van der Waals surface area contributed by atoms with Crippen LogP contribution in [0.2, 0.25) is 0 Å². The maximum Gasteiger partial charge on any atom is 0.209 e. The van der Waals surface area contributed by atoms with Gasteiger partial charge in [-0.05, 0) is 25.5 Å². The van der Waals surface area contributed by atoms with Gasteiger partial charge in [-0.25, -0.2) is 0 Å². The van der Waals surface area contributed by atoms with Gasteiger partial charge in [-0.3, -0.25) is 4.98 Å². The third kappa shape index (κ3) is 1.57. The van der Waals surface area contributed by atoms with Gasteiger partial charge in [0.05, 0.1) is 18.9 Å². The van der Waals surface area contributed by atoms with E-state index < -0.39 is 5.79 Å². The van der Waals surface area contributed by atoms with Gasteiger partial charge in [-0.1, -0.05) is 6.07 Å².